The summed E-state index contributed by atoms with van der Waals surface area (Å²) in [7, 11) is 0. The van der Waals surface area contributed by atoms with Gasteiger partial charge < -0.3 is 5.11 Å². The average molecular weight is 196 g/mol. The number of carboxylic acids is 1. The average Bonchev–Trinajstić information content (AvgIpc) is 2.09. The summed E-state index contributed by atoms with van der Waals surface area (Å²) in [5.41, 5.74) is 0.507. The van der Waals surface area contributed by atoms with Crippen LogP contribution in [0.3, 0.4) is 0 Å². The Morgan fingerprint density at radius 2 is 2.36 bits per heavy atom. The number of hydrogen-bond acceptors (Lipinski definition) is 3. The van der Waals surface area contributed by atoms with Crippen molar-refractivity contribution in [3.8, 4) is 0 Å². The van der Waals surface area contributed by atoms with Crippen LogP contribution in [0.25, 0.3) is 0 Å². The Morgan fingerprint density at radius 1 is 1.71 bits per heavy atom. The Balaban J connectivity index is 2.88. The first-order chi connectivity index (χ1) is 6.50. The third-order valence-corrected chi connectivity index (χ3v) is 1.87. The summed E-state index contributed by atoms with van der Waals surface area (Å²) >= 11 is 0. The van der Waals surface area contributed by atoms with Crippen molar-refractivity contribution in [3.63, 3.8) is 0 Å². The van der Waals surface area contributed by atoms with Crippen LogP contribution in [0.1, 0.15) is 12.5 Å². The summed E-state index contributed by atoms with van der Waals surface area (Å²) in [5.74, 6) is -1.54. The predicted octanol–water partition coefficient (Wildman–Crippen LogP) is 0.272. The fourth-order valence-electron chi connectivity index (χ4n) is 0.999. The van der Waals surface area contributed by atoms with Crippen molar-refractivity contribution in [2.24, 2.45) is 5.92 Å². The van der Waals surface area contributed by atoms with E-state index in [0.717, 1.165) is 10.2 Å². The highest BCUT2D eigenvalue weighted by molar-refractivity contribution is 5.69. The van der Waals surface area contributed by atoms with Gasteiger partial charge in [-0.05, 0) is 12.5 Å². The molecule has 1 heterocycles. The first-order valence-electron chi connectivity index (χ1n) is 4.27. The fourth-order valence-corrected chi connectivity index (χ4v) is 0.999. The number of hydrogen-bond donors (Lipinski definition) is 1. The summed E-state index contributed by atoms with van der Waals surface area (Å²) < 4.78 is 1.16. The summed E-state index contributed by atoms with van der Waals surface area (Å²) in [5, 5.41) is 12.5. The highest BCUT2D eigenvalue weighted by atomic mass is 16.4. The molecule has 0 aliphatic heterocycles. The molecule has 14 heavy (non-hydrogen) atoms. The molecule has 0 fully saturated rings. The van der Waals surface area contributed by atoms with Gasteiger partial charge in [0.15, 0.2) is 0 Å². The van der Waals surface area contributed by atoms with Gasteiger partial charge in [-0.2, -0.15) is 5.10 Å². The van der Waals surface area contributed by atoms with Gasteiger partial charge in [0, 0.05) is 6.07 Å². The largest absolute Gasteiger partial charge is 0.481 e. The molecule has 1 rings (SSSR count). The summed E-state index contributed by atoms with van der Waals surface area (Å²) in [4.78, 5) is 21.8. The molecule has 1 unspecified atom stereocenters. The van der Waals surface area contributed by atoms with Gasteiger partial charge in [0.05, 0.1) is 18.7 Å². The van der Waals surface area contributed by atoms with Crippen LogP contribution in [0.4, 0.5) is 0 Å². The Morgan fingerprint density at radius 3 is 2.86 bits per heavy atom. The second-order valence-corrected chi connectivity index (χ2v) is 3.29. The van der Waals surface area contributed by atoms with Gasteiger partial charge in [0.2, 0.25) is 0 Å². The lowest BCUT2D eigenvalue weighted by molar-refractivity contribution is -0.141. The van der Waals surface area contributed by atoms with Gasteiger partial charge in [-0.25, -0.2) is 4.68 Å². The zero-order chi connectivity index (χ0) is 10.7. The number of carbonyl (C=O) groups is 1. The molecule has 0 bridgehead atoms. The number of nitrogens with zero attached hydrogens (tertiary/aromatic N) is 2. The van der Waals surface area contributed by atoms with Crippen molar-refractivity contribution in [1.82, 2.24) is 9.78 Å². The van der Waals surface area contributed by atoms with E-state index in [1.165, 1.54) is 19.2 Å². The third kappa shape index (κ3) is 2.42. The minimum Gasteiger partial charge on any atom is -0.481 e. The van der Waals surface area contributed by atoms with E-state index in [1.54, 1.807) is 6.92 Å². The van der Waals surface area contributed by atoms with Gasteiger partial charge in [0.25, 0.3) is 5.56 Å². The molecule has 76 valence electrons. The quantitative estimate of drug-likeness (QED) is 0.753. The molecule has 0 saturated heterocycles. The topological polar surface area (TPSA) is 72.2 Å². The van der Waals surface area contributed by atoms with Crippen LogP contribution in [0.5, 0.6) is 0 Å². The molecule has 1 aromatic rings. The second kappa shape index (κ2) is 4.04. The normalized spacial score (nSPS) is 12.4. The van der Waals surface area contributed by atoms with Crippen LogP contribution < -0.4 is 5.56 Å². The lowest BCUT2D eigenvalue weighted by Gasteiger charge is -2.07. The van der Waals surface area contributed by atoms with Crippen molar-refractivity contribution >= 4 is 5.97 Å². The van der Waals surface area contributed by atoms with E-state index >= 15 is 0 Å². The molecule has 5 heteroatoms. The van der Waals surface area contributed by atoms with Crippen molar-refractivity contribution in [1.29, 1.82) is 0 Å². The molecule has 1 atom stereocenters. The predicted molar refractivity (Wildman–Crippen MR) is 50.0 cm³/mol. The van der Waals surface area contributed by atoms with Crippen LogP contribution in [0.15, 0.2) is 17.1 Å². The lowest BCUT2D eigenvalue weighted by Crippen LogP contribution is -2.27. The van der Waals surface area contributed by atoms with Gasteiger partial charge in [-0.3, -0.25) is 9.59 Å². The number of aromatic nitrogens is 2. The van der Waals surface area contributed by atoms with E-state index in [0.29, 0.717) is 0 Å². The first-order valence-corrected chi connectivity index (χ1v) is 4.27. The van der Waals surface area contributed by atoms with Crippen molar-refractivity contribution < 1.29 is 9.90 Å². The lowest BCUT2D eigenvalue weighted by atomic mass is 10.2. The molecule has 0 aliphatic carbocycles. The number of rotatable bonds is 3. The van der Waals surface area contributed by atoms with Gasteiger partial charge >= 0.3 is 5.97 Å². The SMILES string of the molecule is Cc1cnn(CC(C)C(=O)O)c(=O)c1. The van der Waals surface area contributed by atoms with Crippen LogP contribution in [-0.2, 0) is 11.3 Å². The van der Waals surface area contributed by atoms with Crippen LogP contribution in [-0.4, -0.2) is 20.9 Å². The second-order valence-electron chi connectivity index (χ2n) is 3.29. The first kappa shape index (κ1) is 10.4. The zero-order valence-electron chi connectivity index (χ0n) is 8.10. The standard InChI is InChI=1S/C9H12N2O3/c1-6-3-8(12)11(10-4-6)5-7(2)9(13)14/h3-4,7H,5H2,1-2H3,(H,13,14). The summed E-state index contributed by atoms with van der Waals surface area (Å²) in [6, 6.07) is 1.43. The maximum atomic E-state index is 11.3. The summed E-state index contributed by atoms with van der Waals surface area (Å²) in [6.45, 7) is 3.41. The third-order valence-electron chi connectivity index (χ3n) is 1.87. The molecule has 0 aromatic carbocycles. The van der Waals surface area contributed by atoms with E-state index < -0.39 is 11.9 Å². The Bertz CT molecular complexity index is 397. The molecule has 0 aliphatic rings. The van der Waals surface area contributed by atoms with Crippen LogP contribution in [0, 0.1) is 12.8 Å². The maximum absolute atomic E-state index is 11.3. The Hall–Kier alpha value is -1.65. The molecule has 1 aromatic heterocycles. The minimum atomic E-state index is -0.931. The maximum Gasteiger partial charge on any atom is 0.308 e. The molecular weight excluding hydrogens is 184 g/mol. The molecular formula is C9H12N2O3. The van der Waals surface area contributed by atoms with Gasteiger partial charge in [0.1, 0.15) is 0 Å². The Kier molecular flexibility index (Phi) is 3.01. The van der Waals surface area contributed by atoms with E-state index in [-0.39, 0.29) is 12.1 Å². The fraction of sp³-hybridized carbons (Fsp3) is 0.444. The number of aryl methyl sites for hydroxylation is 1. The van der Waals surface area contributed by atoms with Crippen LogP contribution in [0.2, 0.25) is 0 Å². The van der Waals surface area contributed by atoms with E-state index in [1.807, 2.05) is 0 Å². The zero-order valence-corrected chi connectivity index (χ0v) is 8.10. The molecule has 0 amide bonds. The number of carboxylic acid groups (broad SMARTS) is 1. The van der Waals surface area contributed by atoms with E-state index in [2.05, 4.69) is 5.10 Å². The minimum absolute atomic E-state index is 0.106. The van der Waals surface area contributed by atoms with Crippen molar-refractivity contribution in [3.05, 3.63) is 28.2 Å². The number of aliphatic carboxylic acids is 1. The molecule has 5 nitrogen and oxygen atoms in total. The van der Waals surface area contributed by atoms with Crippen molar-refractivity contribution in [2.45, 2.75) is 20.4 Å². The van der Waals surface area contributed by atoms with Gasteiger partial charge in [-0.15, -0.1) is 0 Å². The van der Waals surface area contributed by atoms with E-state index in [4.69, 9.17) is 5.11 Å². The molecule has 0 spiro atoms. The highest BCUT2D eigenvalue weighted by Crippen LogP contribution is 1.97. The van der Waals surface area contributed by atoms with Crippen molar-refractivity contribution in [2.75, 3.05) is 0 Å². The molecule has 0 radical (unpaired) electrons. The Labute approximate surface area is 81.0 Å². The highest BCUT2D eigenvalue weighted by Gasteiger charge is 2.12. The van der Waals surface area contributed by atoms with Gasteiger partial charge in [-0.1, -0.05) is 6.92 Å². The smallest absolute Gasteiger partial charge is 0.308 e. The van der Waals surface area contributed by atoms with E-state index in [9.17, 15) is 9.59 Å². The molecule has 1 N–H and O–H groups in total. The van der Waals surface area contributed by atoms with Crippen LogP contribution >= 0.6 is 0 Å². The summed E-state index contributed by atoms with van der Waals surface area (Å²) in [6.07, 6.45) is 1.54. The monoisotopic (exact) mass is 196 g/mol. The molecule has 0 saturated carbocycles.